The molecule has 4 heterocycles. The van der Waals surface area contributed by atoms with Gasteiger partial charge in [0, 0.05) is 62.4 Å². The number of carbonyl (C=O) groups is 1. The van der Waals surface area contributed by atoms with E-state index in [-0.39, 0.29) is 18.3 Å². The maximum atomic E-state index is 13.8. The molecule has 0 saturated heterocycles. The van der Waals surface area contributed by atoms with Crippen LogP contribution in [0.15, 0.2) is 42.7 Å². The van der Waals surface area contributed by atoms with Crippen molar-refractivity contribution >= 4 is 30.8 Å². The lowest BCUT2D eigenvalue weighted by Gasteiger charge is -2.17. The summed E-state index contributed by atoms with van der Waals surface area (Å²) in [6.07, 6.45) is -1.18. The van der Waals surface area contributed by atoms with Crippen LogP contribution in [0.5, 0.6) is 0 Å². The molecule has 0 aliphatic rings. The molecule has 0 aromatic carbocycles. The number of halogens is 3. The zero-order valence-corrected chi connectivity index (χ0v) is 24.9. The Hall–Kier alpha value is -3.77. The number of nitrogens with zero attached hydrogens (tertiary/aromatic N) is 4. The minimum absolute atomic E-state index is 0.206. The number of aromatic nitrogens is 4. The van der Waals surface area contributed by atoms with Gasteiger partial charge in [0.15, 0.2) is 0 Å². The fraction of sp³-hybridized carbons (Fsp3) is 0.379. The first-order chi connectivity index (χ1) is 19.2. The first-order valence-electron chi connectivity index (χ1n) is 13.3. The van der Waals surface area contributed by atoms with E-state index in [2.05, 4.69) is 39.9 Å². The van der Waals surface area contributed by atoms with Crippen LogP contribution in [0, 0.1) is 13.8 Å². The van der Waals surface area contributed by atoms with E-state index in [1.807, 2.05) is 13.8 Å². The van der Waals surface area contributed by atoms with Gasteiger partial charge in [-0.05, 0) is 66.9 Å². The van der Waals surface area contributed by atoms with Crippen LogP contribution in [0.2, 0.25) is 25.7 Å². The van der Waals surface area contributed by atoms with Crippen LogP contribution in [0.3, 0.4) is 0 Å². The molecule has 0 unspecified atom stereocenters. The van der Waals surface area contributed by atoms with Crippen LogP contribution < -0.4 is 11.1 Å². The highest BCUT2D eigenvalue weighted by atomic mass is 28.3. The number of alkyl halides is 3. The normalized spacial score (nSPS) is 12.2. The third-order valence-corrected chi connectivity index (χ3v) is 8.47. The first-order valence-corrected chi connectivity index (χ1v) is 17.0. The number of hydrogen-bond donors (Lipinski definition) is 2. The molecule has 0 aliphatic carbocycles. The van der Waals surface area contributed by atoms with E-state index < -0.39 is 19.9 Å². The molecule has 218 valence electrons. The number of amides is 1. The molecule has 4 aromatic heterocycles. The molecule has 0 saturated carbocycles. The molecular formula is C29H35F3N6O2Si. The van der Waals surface area contributed by atoms with Gasteiger partial charge >= 0.3 is 6.18 Å². The van der Waals surface area contributed by atoms with Crippen molar-refractivity contribution in [2.24, 2.45) is 0 Å². The minimum Gasteiger partial charge on any atom is -0.384 e. The average molecular weight is 585 g/mol. The fourth-order valence-electron chi connectivity index (χ4n) is 4.54. The lowest BCUT2D eigenvalue weighted by Crippen LogP contribution is -2.24. The maximum absolute atomic E-state index is 13.8. The van der Waals surface area contributed by atoms with Gasteiger partial charge in [-0.1, -0.05) is 19.6 Å². The molecule has 0 spiro atoms. The molecule has 0 aliphatic heterocycles. The molecule has 0 atom stereocenters. The molecular weight excluding hydrogens is 549 g/mol. The second-order valence-electron chi connectivity index (χ2n) is 11.4. The Morgan fingerprint density at radius 1 is 1.12 bits per heavy atom. The molecule has 4 rings (SSSR count). The number of anilines is 1. The van der Waals surface area contributed by atoms with Crippen LogP contribution >= 0.6 is 0 Å². The maximum Gasteiger partial charge on any atom is 0.431 e. The smallest absolute Gasteiger partial charge is 0.384 e. The zero-order chi connectivity index (χ0) is 29.9. The van der Waals surface area contributed by atoms with Crippen molar-refractivity contribution in [2.75, 3.05) is 12.3 Å². The lowest BCUT2D eigenvalue weighted by molar-refractivity contribution is -0.145. The topological polar surface area (TPSA) is 108 Å². The van der Waals surface area contributed by atoms with Crippen LogP contribution in [0.4, 0.5) is 19.0 Å². The van der Waals surface area contributed by atoms with Gasteiger partial charge in [0.05, 0.1) is 0 Å². The van der Waals surface area contributed by atoms with Crippen molar-refractivity contribution in [2.45, 2.75) is 65.4 Å². The second-order valence-corrected chi connectivity index (χ2v) is 17.0. The van der Waals surface area contributed by atoms with Crippen LogP contribution in [0.1, 0.15) is 44.1 Å². The summed E-state index contributed by atoms with van der Waals surface area (Å²) in [5.74, 6) is 0.150. The number of rotatable bonds is 10. The molecule has 41 heavy (non-hydrogen) atoms. The first kappa shape index (κ1) is 30.2. The number of hydrogen-bond acceptors (Lipinski definition) is 6. The van der Waals surface area contributed by atoms with Crippen molar-refractivity contribution in [1.82, 2.24) is 24.8 Å². The average Bonchev–Trinajstić information content (AvgIpc) is 3.24. The number of pyridine rings is 3. The van der Waals surface area contributed by atoms with Crippen molar-refractivity contribution in [3.8, 4) is 0 Å². The summed E-state index contributed by atoms with van der Waals surface area (Å²) in [5.41, 5.74) is 9.46. The standard InChI is InChI=1S/C29H35F3N6O2Si/c1-18-10-26(33)37-19(2)24(18)16-36-28(39)21-6-7-34-23(13-21)12-20-11-22-14-25(29(30,31)32)38(27(22)35-15-20)17-40-8-9-41(3,4)5/h6-7,10-11,13-15H,8-9,12,16-17H2,1-5H3,(H2,33,37)(H,36,39). The molecule has 0 bridgehead atoms. The van der Waals surface area contributed by atoms with Gasteiger partial charge in [0.2, 0.25) is 0 Å². The molecule has 0 radical (unpaired) electrons. The van der Waals surface area contributed by atoms with Crippen molar-refractivity contribution in [3.05, 3.63) is 82.1 Å². The van der Waals surface area contributed by atoms with E-state index in [4.69, 9.17) is 10.5 Å². The van der Waals surface area contributed by atoms with Crippen LogP contribution in [-0.4, -0.2) is 40.1 Å². The molecule has 4 aromatic rings. The third-order valence-electron chi connectivity index (χ3n) is 6.76. The Bertz CT molecular complexity index is 1540. The highest BCUT2D eigenvalue weighted by molar-refractivity contribution is 6.76. The molecule has 8 nitrogen and oxygen atoms in total. The van der Waals surface area contributed by atoms with Gasteiger partial charge in [0.25, 0.3) is 5.91 Å². The van der Waals surface area contributed by atoms with Gasteiger partial charge in [-0.15, -0.1) is 0 Å². The van der Waals surface area contributed by atoms with Gasteiger partial charge in [-0.25, -0.2) is 9.97 Å². The monoisotopic (exact) mass is 584 g/mol. The zero-order valence-electron chi connectivity index (χ0n) is 23.9. The van der Waals surface area contributed by atoms with E-state index in [9.17, 15) is 18.0 Å². The SMILES string of the molecule is Cc1cc(N)nc(C)c1CNC(=O)c1ccnc(Cc2cnc3c(c2)cc(C(F)(F)F)n3COCC[Si](C)(C)C)c1. The summed E-state index contributed by atoms with van der Waals surface area (Å²) in [6, 6.07) is 8.66. The number of nitrogens with one attached hydrogen (secondary N) is 1. The highest BCUT2D eigenvalue weighted by Crippen LogP contribution is 2.34. The van der Waals surface area contributed by atoms with Gasteiger partial charge in [0.1, 0.15) is 23.9 Å². The number of nitrogens with two attached hydrogens (primary N) is 1. The largest absolute Gasteiger partial charge is 0.431 e. The van der Waals surface area contributed by atoms with Crippen molar-refractivity contribution in [1.29, 1.82) is 0 Å². The number of fused-ring (bicyclic) bond motifs is 1. The van der Waals surface area contributed by atoms with E-state index in [1.165, 1.54) is 12.4 Å². The molecule has 3 N–H and O–H groups in total. The minimum atomic E-state index is -4.55. The van der Waals surface area contributed by atoms with E-state index in [0.717, 1.165) is 33.5 Å². The summed E-state index contributed by atoms with van der Waals surface area (Å²) < 4.78 is 48.2. The number of ether oxygens (including phenoxy) is 1. The van der Waals surface area contributed by atoms with Crippen LogP contribution in [0.25, 0.3) is 11.0 Å². The predicted molar refractivity (Wildman–Crippen MR) is 155 cm³/mol. The summed E-state index contributed by atoms with van der Waals surface area (Å²) in [6.45, 7) is 10.8. The Morgan fingerprint density at radius 2 is 1.88 bits per heavy atom. The summed E-state index contributed by atoms with van der Waals surface area (Å²) >= 11 is 0. The third kappa shape index (κ3) is 7.70. The summed E-state index contributed by atoms with van der Waals surface area (Å²) in [5, 5.41) is 3.27. The predicted octanol–water partition coefficient (Wildman–Crippen LogP) is 5.88. The lowest BCUT2D eigenvalue weighted by atomic mass is 10.1. The second kappa shape index (κ2) is 12.0. The molecule has 0 fully saturated rings. The Morgan fingerprint density at radius 3 is 2.56 bits per heavy atom. The highest BCUT2D eigenvalue weighted by Gasteiger charge is 2.36. The molecule has 1 amide bonds. The van der Waals surface area contributed by atoms with Crippen molar-refractivity contribution in [3.63, 3.8) is 0 Å². The Balaban J connectivity index is 1.49. The van der Waals surface area contributed by atoms with E-state index >= 15 is 0 Å². The Labute approximate surface area is 238 Å². The van der Waals surface area contributed by atoms with E-state index in [1.54, 1.807) is 24.3 Å². The van der Waals surface area contributed by atoms with Crippen LogP contribution in [-0.2, 0) is 30.6 Å². The number of carbonyl (C=O) groups excluding carboxylic acids is 1. The fourth-order valence-corrected chi connectivity index (χ4v) is 5.30. The van der Waals surface area contributed by atoms with Gasteiger partial charge in [-0.2, -0.15) is 13.2 Å². The number of nitrogen functional groups attached to an aromatic ring is 1. The molecule has 12 heteroatoms. The Kier molecular flexibility index (Phi) is 8.83. The summed E-state index contributed by atoms with van der Waals surface area (Å²) in [4.78, 5) is 25.8. The van der Waals surface area contributed by atoms with Gasteiger partial charge in [-0.3, -0.25) is 14.3 Å². The quantitative estimate of drug-likeness (QED) is 0.178. The van der Waals surface area contributed by atoms with E-state index in [0.29, 0.717) is 47.6 Å². The number of aryl methyl sites for hydroxylation is 2. The van der Waals surface area contributed by atoms with Crippen molar-refractivity contribution < 1.29 is 22.7 Å². The van der Waals surface area contributed by atoms with Gasteiger partial charge < -0.3 is 15.8 Å². The summed E-state index contributed by atoms with van der Waals surface area (Å²) in [7, 11) is -1.38.